The van der Waals surface area contributed by atoms with E-state index in [1.807, 2.05) is 32.9 Å². The van der Waals surface area contributed by atoms with Crippen LogP contribution in [0.3, 0.4) is 0 Å². The number of H-pyrrole nitrogens is 2. The second kappa shape index (κ2) is 6.39. The molecule has 0 saturated heterocycles. The van der Waals surface area contributed by atoms with E-state index in [0.717, 1.165) is 5.76 Å². The number of furan rings is 1. The summed E-state index contributed by atoms with van der Waals surface area (Å²) in [7, 11) is 0. The fourth-order valence-corrected chi connectivity index (χ4v) is 2.56. The van der Waals surface area contributed by atoms with Gasteiger partial charge < -0.3 is 9.32 Å². The highest BCUT2D eigenvalue weighted by molar-refractivity contribution is 5.96. The van der Waals surface area contributed by atoms with E-state index in [4.69, 9.17) is 4.42 Å². The third kappa shape index (κ3) is 3.37. The number of hydrogen-bond acceptors (Lipinski definition) is 5. The van der Waals surface area contributed by atoms with Gasteiger partial charge in [0, 0.05) is 12.2 Å². The third-order valence-electron chi connectivity index (χ3n) is 3.84. The van der Waals surface area contributed by atoms with E-state index in [2.05, 4.69) is 15.0 Å². The lowest BCUT2D eigenvalue weighted by atomic mass is 10.1. The van der Waals surface area contributed by atoms with Crippen LogP contribution in [0.5, 0.6) is 0 Å². The SMILES string of the molecule is Cc1ccc(CN(C(=O)c2cnc3[nH]c(=O)[nH]c(=O)c3c2)C(C)C)o1. The third-order valence-corrected chi connectivity index (χ3v) is 3.84. The molecule has 25 heavy (non-hydrogen) atoms. The first kappa shape index (κ1) is 16.7. The van der Waals surface area contributed by atoms with Crippen LogP contribution in [0.4, 0.5) is 0 Å². The molecule has 8 heteroatoms. The molecule has 0 aromatic carbocycles. The molecule has 8 nitrogen and oxygen atoms in total. The first-order chi connectivity index (χ1) is 11.8. The van der Waals surface area contributed by atoms with E-state index >= 15 is 0 Å². The minimum absolute atomic E-state index is 0.0810. The Morgan fingerprint density at radius 2 is 2.04 bits per heavy atom. The van der Waals surface area contributed by atoms with E-state index in [1.54, 1.807) is 4.90 Å². The van der Waals surface area contributed by atoms with Gasteiger partial charge in [0.2, 0.25) is 0 Å². The van der Waals surface area contributed by atoms with Gasteiger partial charge in [-0.05, 0) is 39.0 Å². The minimum Gasteiger partial charge on any atom is -0.464 e. The molecule has 1 amide bonds. The molecule has 0 aliphatic carbocycles. The zero-order valence-corrected chi connectivity index (χ0v) is 14.1. The van der Waals surface area contributed by atoms with Crippen molar-refractivity contribution >= 4 is 16.9 Å². The van der Waals surface area contributed by atoms with Crippen LogP contribution >= 0.6 is 0 Å². The monoisotopic (exact) mass is 342 g/mol. The smallest absolute Gasteiger partial charge is 0.327 e. The summed E-state index contributed by atoms with van der Waals surface area (Å²) in [5.74, 6) is 1.17. The second-order valence-electron chi connectivity index (χ2n) is 6.07. The number of aromatic amines is 2. The number of fused-ring (bicyclic) bond motifs is 1. The highest BCUT2D eigenvalue weighted by Gasteiger charge is 2.21. The normalized spacial score (nSPS) is 11.2. The fraction of sp³-hybridized carbons (Fsp3) is 0.294. The maximum absolute atomic E-state index is 12.9. The maximum atomic E-state index is 12.9. The summed E-state index contributed by atoms with van der Waals surface area (Å²) in [5.41, 5.74) is -0.815. The van der Waals surface area contributed by atoms with E-state index in [9.17, 15) is 14.4 Å². The van der Waals surface area contributed by atoms with Crippen LogP contribution in [0.25, 0.3) is 11.0 Å². The number of nitrogens with one attached hydrogen (secondary N) is 2. The van der Waals surface area contributed by atoms with Gasteiger partial charge in [0.15, 0.2) is 0 Å². The van der Waals surface area contributed by atoms with Crippen LogP contribution in [-0.4, -0.2) is 31.8 Å². The molecule has 3 aromatic heterocycles. The van der Waals surface area contributed by atoms with Gasteiger partial charge in [0.1, 0.15) is 17.2 Å². The summed E-state index contributed by atoms with van der Waals surface area (Å²) in [5, 5.41) is 0.156. The Hall–Kier alpha value is -3.16. The molecule has 0 atom stereocenters. The second-order valence-corrected chi connectivity index (χ2v) is 6.07. The summed E-state index contributed by atoms with van der Waals surface area (Å²) in [6.45, 7) is 5.94. The molecule has 0 spiro atoms. The van der Waals surface area contributed by atoms with Crippen molar-refractivity contribution in [3.63, 3.8) is 0 Å². The van der Waals surface area contributed by atoms with E-state index < -0.39 is 11.2 Å². The maximum Gasteiger partial charge on any atom is 0.327 e. The van der Waals surface area contributed by atoms with Crippen molar-refractivity contribution in [2.24, 2.45) is 0 Å². The number of amides is 1. The minimum atomic E-state index is -0.638. The molecule has 130 valence electrons. The predicted molar refractivity (Wildman–Crippen MR) is 91.4 cm³/mol. The van der Waals surface area contributed by atoms with Crippen LogP contribution in [0, 0.1) is 6.92 Å². The lowest BCUT2D eigenvalue weighted by Crippen LogP contribution is -2.36. The summed E-state index contributed by atoms with van der Waals surface area (Å²) in [6.07, 6.45) is 1.35. The number of carbonyl (C=O) groups is 1. The van der Waals surface area contributed by atoms with E-state index in [0.29, 0.717) is 12.3 Å². The lowest BCUT2D eigenvalue weighted by Gasteiger charge is -2.25. The van der Waals surface area contributed by atoms with Gasteiger partial charge in [0.05, 0.1) is 17.5 Å². The number of pyridine rings is 1. The number of rotatable bonds is 4. The fourth-order valence-electron chi connectivity index (χ4n) is 2.56. The summed E-state index contributed by atoms with van der Waals surface area (Å²) in [4.78, 5) is 46.3. The van der Waals surface area contributed by atoms with E-state index in [1.165, 1.54) is 12.3 Å². The van der Waals surface area contributed by atoms with Crippen molar-refractivity contribution in [1.29, 1.82) is 0 Å². The Morgan fingerprint density at radius 3 is 2.68 bits per heavy atom. The van der Waals surface area contributed by atoms with Gasteiger partial charge in [0.25, 0.3) is 11.5 Å². The summed E-state index contributed by atoms with van der Waals surface area (Å²) in [6, 6.07) is 5.02. The largest absolute Gasteiger partial charge is 0.464 e. The van der Waals surface area contributed by atoms with E-state index in [-0.39, 0.29) is 28.5 Å². The van der Waals surface area contributed by atoms with Crippen LogP contribution in [0.1, 0.15) is 35.7 Å². The summed E-state index contributed by atoms with van der Waals surface area (Å²) >= 11 is 0. The van der Waals surface area contributed by atoms with Gasteiger partial charge in [-0.1, -0.05) is 0 Å². The zero-order chi connectivity index (χ0) is 18.1. The molecule has 0 unspecified atom stereocenters. The van der Waals surface area contributed by atoms with Crippen LogP contribution in [-0.2, 0) is 6.54 Å². The predicted octanol–water partition coefficient (Wildman–Crippen LogP) is 1.56. The van der Waals surface area contributed by atoms with Crippen molar-refractivity contribution in [1.82, 2.24) is 19.9 Å². The van der Waals surface area contributed by atoms with Crippen LogP contribution in [0.15, 0.2) is 38.4 Å². The molecule has 3 rings (SSSR count). The van der Waals surface area contributed by atoms with Crippen LogP contribution in [0.2, 0.25) is 0 Å². The first-order valence-corrected chi connectivity index (χ1v) is 7.84. The Kier molecular flexibility index (Phi) is 4.26. The van der Waals surface area contributed by atoms with Gasteiger partial charge in [-0.3, -0.25) is 19.6 Å². The molecule has 0 bridgehead atoms. The highest BCUT2D eigenvalue weighted by atomic mass is 16.3. The average Bonchev–Trinajstić information content (AvgIpc) is 2.96. The average molecular weight is 342 g/mol. The number of hydrogen-bond donors (Lipinski definition) is 2. The lowest BCUT2D eigenvalue weighted by molar-refractivity contribution is 0.0675. The topological polar surface area (TPSA) is 112 Å². The van der Waals surface area contributed by atoms with Gasteiger partial charge >= 0.3 is 5.69 Å². The molecule has 0 fully saturated rings. The molecule has 3 aromatic rings. The van der Waals surface area contributed by atoms with Crippen molar-refractivity contribution < 1.29 is 9.21 Å². The summed E-state index contributed by atoms with van der Waals surface area (Å²) < 4.78 is 5.55. The Balaban J connectivity index is 1.98. The van der Waals surface area contributed by atoms with Gasteiger partial charge in [-0.15, -0.1) is 0 Å². The quantitative estimate of drug-likeness (QED) is 0.747. The first-order valence-electron chi connectivity index (χ1n) is 7.84. The molecule has 0 aliphatic heterocycles. The Bertz CT molecular complexity index is 1040. The number of aryl methyl sites for hydroxylation is 1. The Labute approximate surface area is 142 Å². The molecule has 0 aliphatic rings. The highest BCUT2D eigenvalue weighted by Crippen LogP contribution is 2.16. The van der Waals surface area contributed by atoms with Crippen molar-refractivity contribution in [2.45, 2.75) is 33.4 Å². The zero-order valence-electron chi connectivity index (χ0n) is 14.1. The van der Waals surface area contributed by atoms with Crippen molar-refractivity contribution in [3.8, 4) is 0 Å². The molecular weight excluding hydrogens is 324 g/mol. The number of nitrogens with zero attached hydrogens (tertiary/aromatic N) is 2. The number of aromatic nitrogens is 3. The van der Waals surface area contributed by atoms with Crippen LogP contribution < -0.4 is 11.2 Å². The van der Waals surface area contributed by atoms with Crippen molar-refractivity contribution in [3.05, 3.63) is 62.3 Å². The standard InChI is InChI=1S/C17H18N4O4/c1-9(2)21(8-12-5-4-10(3)25-12)16(23)11-6-13-14(18-7-11)19-17(24)20-15(13)22/h4-7,9H,8H2,1-3H3,(H2,18,19,20,22,24). The Morgan fingerprint density at radius 1 is 1.28 bits per heavy atom. The molecule has 0 radical (unpaired) electrons. The molecule has 3 heterocycles. The number of carbonyl (C=O) groups excluding carboxylic acids is 1. The van der Waals surface area contributed by atoms with Gasteiger partial charge in [-0.2, -0.15) is 0 Å². The molecule has 0 saturated carbocycles. The van der Waals surface area contributed by atoms with Crippen molar-refractivity contribution in [2.75, 3.05) is 0 Å². The molecule has 2 N–H and O–H groups in total. The van der Waals surface area contributed by atoms with Gasteiger partial charge in [-0.25, -0.2) is 9.78 Å². The molecular formula is C17H18N4O4.